The third-order valence-electron chi connectivity index (χ3n) is 5.91. The first-order chi connectivity index (χ1) is 13.3. The van der Waals surface area contributed by atoms with Crippen LogP contribution in [0.5, 0.6) is 0 Å². The van der Waals surface area contributed by atoms with Gasteiger partial charge in [0.15, 0.2) is 0 Å². The second-order valence-corrected chi connectivity index (χ2v) is 23.4. The molecule has 2 aliphatic carbocycles. The molecule has 0 amide bonds. The number of rotatable bonds is 3. The third-order valence-corrected chi connectivity index (χ3v) is 25.9. The van der Waals surface area contributed by atoms with E-state index >= 15 is 0 Å². The van der Waals surface area contributed by atoms with E-state index in [0.29, 0.717) is 7.25 Å². The number of fused-ring (bicyclic) bond motifs is 2. The van der Waals surface area contributed by atoms with Gasteiger partial charge in [0.1, 0.15) is 0 Å². The van der Waals surface area contributed by atoms with Crippen molar-refractivity contribution in [3.05, 3.63) is 113 Å². The van der Waals surface area contributed by atoms with Crippen molar-refractivity contribution in [1.82, 2.24) is 0 Å². The summed E-state index contributed by atoms with van der Waals surface area (Å²) in [5.74, 6) is 0. The van der Waals surface area contributed by atoms with Crippen LogP contribution in [-0.2, 0) is 20.4 Å². The minimum absolute atomic E-state index is 0.561. The SMILES string of the molecule is C[Si](c1ccccc1)=[Zr]([CH]1C=Cc2ccccc21)[CH]1C=Cc2ccccc21. The van der Waals surface area contributed by atoms with Crippen LogP contribution in [0.3, 0.4) is 0 Å². The molecule has 0 radical (unpaired) electrons. The predicted molar refractivity (Wildman–Crippen MR) is 114 cm³/mol. The summed E-state index contributed by atoms with van der Waals surface area (Å²) in [4.78, 5) is 0. The van der Waals surface area contributed by atoms with Crippen LogP contribution in [0.15, 0.2) is 91.0 Å². The molecule has 130 valence electrons. The number of allylic oxidation sites excluding steroid dienone is 2. The van der Waals surface area contributed by atoms with Gasteiger partial charge < -0.3 is 0 Å². The number of benzene rings is 3. The monoisotopic (exact) mass is 440 g/mol. The van der Waals surface area contributed by atoms with Gasteiger partial charge in [-0.2, -0.15) is 0 Å². The Kier molecular flexibility index (Phi) is 4.71. The van der Waals surface area contributed by atoms with E-state index in [1.807, 2.05) is 0 Å². The Hall–Kier alpha value is -1.76. The summed E-state index contributed by atoms with van der Waals surface area (Å²) < 4.78 is 1.37. The van der Waals surface area contributed by atoms with Crippen molar-refractivity contribution in [2.45, 2.75) is 13.8 Å². The van der Waals surface area contributed by atoms with E-state index in [1.165, 1.54) is 11.1 Å². The summed E-state index contributed by atoms with van der Waals surface area (Å²) in [6.45, 7) is 2.60. The molecule has 3 aromatic carbocycles. The molecule has 0 N–H and O–H groups in total. The zero-order valence-electron chi connectivity index (χ0n) is 15.5. The van der Waals surface area contributed by atoms with Crippen LogP contribution in [0.4, 0.5) is 0 Å². The van der Waals surface area contributed by atoms with Gasteiger partial charge in [-0.25, -0.2) is 0 Å². The zero-order chi connectivity index (χ0) is 18.2. The van der Waals surface area contributed by atoms with Gasteiger partial charge in [0.25, 0.3) is 0 Å². The molecule has 0 aliphatic heterocycles. The molecule has 2 atom stereocenters. The van der Waals surface area contributed by atoms with Crippen LogP contribution in [-0.4, -0.2) is 5.43 Å². The Morgan fingerprint density at radius 2 is 1.11 bits per heavy atom. The Bertz CT molecular complexity index is 1030. The average Bonchev–Trinajstić information content (AvgIpc) is 3.34. The van der Waals surface area contributed by atoms with Crippen molar-refractivity contribution in [2.75, 3.05) is 0 Å². The molecule has 27 heavy (non-hydrogen) atoms. The standard InChI is InChI=1S/2C9H7.C7H8Si.Zr/c2*1-2-5-9-7-3-6-8(9)4-1;1-8-7-5-3-2-4-6-7;/h2*1-7H;2-6H,1H3;. The quantitative estimate of drug-likeness (QED) is 0.459. The van der Waals surface area contributed by atoms with Crippen LogP contribution >= 0.6 is 0 Å². The van der Waals surface area contributed by atoms with Crippen molar-refractivity contribution < 1.29 is 20.4 Å². The van der Waals surface area contributed by atoms with Gasteiger partial charge in [0.2, 0.25) is 0 Å². The Labute approximate surface area is 169 Å². The van der Waals surface area contributed by atoms with Gasteiger partial charge in [0, 0.05) is 0 Å². The molecule has 2 unspecified atom stereocenters. The zero-order valence-corrected chi connectivity index (χ0v) is 18.9. The minimum atomic E-state index is -1.95. The van der Waals surface area contributed by atoms with Crippen molar-refractivity contribution in [3.63, 3.8) is 0 Å². The molecule has 0 aromatic heterocycles. The van der Waals surface area contributed by atoms with Gasteiger partial charge in [-0.3, -0.25) is 0 Å². The van der Waals surface area contributed by atoms with Crippen LogP contribution in [0.2, 0.25) is 6.55 Å². The summed E-state index contributed by atoms with van der Waals surface area (Å²) in [6, 6.07) is 29.5. The van der Waals surface area contributed by atoms with E-state index in [2.05, 4.69) is 110 Å². The molecule has 3 aromatic rings. The molecule has 0 fully saturated rings. The molecule has 0 heterocycles. The second-order valence-electron chi connectivity index (χ2n) is 7.38. The molecule has 0 saturated carbocycles. The fraction of sp³-hybridized carbons (Fsp3) is 0.120. The Morgan fingerprint density at radius 3 is 1.67 bits per heavy atom. The molecule has 0 spiro atoms. The van der Waals surface area contributed by atoms with E-state index in [0.717, 1.165) is 0 Å². The van der Waals surface area contributed by atoms with Crippen molar-refractivity contribution in [2.24, 2.45) is 0 Å². The summed E-state index contributed by atoms with van der Waals surface area (Å²) >= 11 is -1.95. The summed E-state index contributed by atoms with van der Waals surface area (Å²) in [5, 5.41) is 1.62. The first-order valence-corrected chi connectivity index (χ1v) is 18.2. The van der Waals surface area contributed by atoms with Gasteiger partial charge in [0.05, 0.1) is 0 Å². The first-order valence-electron chi connectivity index (χ1n) is 9.63. The van der Waals surface area contributed by atoms with Gasteiger partial charge in [-0.1, -0.05) is 0 Å². The van der Waals surface area contributed by atoms with E-state index in [1.54, 1.807) is 16.3 Å². The van der Waals surface area contributed by atoms with E-state index in [9.17, 15) is 0 Å². The average molecular weight is 442 g/mol. The normalized spacial score (nSPS) is 19.0. The summed E-state index contributed by atoms with van der Waals surface area (Å²) in [6.07, 6.45) is 9.85. The maximum absolute atomic E-state index is 2.60. The van der Waals surface area contributed by atoms with Crippen LogP contribution in [0.1, 0.15) is 29.5 Å². The van der Waals surface area contributed by atoms with Gasteiger partial charge in [-0.15, -0.1) is 0 Å². The summed E-state index contributed by atoms with van der Waals surface area (Å²) in [7, 11) is 0. The number of hydrogen-bond acceptors (Lipinski definition) is 0. The molecular formula is C25H22SiZr. The Morgan fingerprint density at radius 1 is 0.630 bits per heavy atom. The van der Waals surface area contributed by atoms with Crippen LogP contribution < -0.4 is 5.19 Å². The molecular weight excluding hydrogens is 420 g/mol. The molecule has 0 saturated heterocycles. The van der Waals surface area contributed by atoms with E-state index in [4.69, 9.17) is 0 Å². The Balaban J connectivity index is 1.71. The first kappa shape index (κ1) is 17.3. The molecule has 0 bridgehead atoms. The van der Waals surface area contributed by atoms with Gasteiger partial charge in [-0.05, 0) is 0 Å². The number of hydrogen-bond donors (Lipinski definition) is 0. The van der Waals surface area contributed by atoms with Gasteiger partial charge >= 0.3 is 170 Å². The van der Waals surface area contributed by atoms with Crippen LogP contribution in [0, 0.1) is 0 Å². The molecule has 0 nitrogen and oxygen atoms in total. The third kappa shape index (κ3) is 3.10. The topological polar surface area (TPSA) is 0 Å². The van der Waals surface area contributed by atoms with Crippen LogP contribution in [0.25, 0.3) is 12.2 Å². The fourth-order valence-corrected chi connectivity index (χ4v) is 25.4. The maximum atomic E-state index is 2.60. The van der Waals surface area contributed by atoms with Crippen molar-refractivity contribution in [1.29, 1.82) is 0 Å². The van der Waals surface area contributed by atoms with Crippen molar-refractivity contribution in [3.8, 4) is 0 Å². The van der Waals surface area contributed by atoms with Crippen molar-refractivity contribution >= 4 is 22.8 Å². The molecule has 5 rings (SSSR count). The molecule has 2 aliphatic rings. The summed E-state index contributed by atoms with van der Waals surface area (Å²) in [5.41, 5.74) is 5.50. The second kappa shape index (κ2) is 7.34. The van der Waals surface area contributed by atoms with E-state index < -0.39 is 25.8 Å². The van der Waals surface area contributed by atoms with E-state index in [-0.39, 0.29) is 0 Å². The predicted octanol–water partition coefficient (Wildman–Crippen LogP) is 5.67. The molecule has 2 heteroatoms. The fourth-order valence-electron chi connectivity index (χ4n) is 4.56.